The van der Waals surface area contributed by atoms with E-state index in [1.54, 1.807) is 0 Å². The average molecular weight is 337 g/mol. The van der Waals surface area contributed by atoms with Crippen LogP contribution < -0.4 is 0 Å². The SMILES string of the molecule is C=CC(=O)C(CCCCCC/C=C\CCCCCCCC)C(=O)O. The second kappa shape index (κ2) is 16.5. The highest BCUT2D eigenvalue weighted by Gasteiger charge is 2.22. The molecule has 1 atom stereocenters. The Morgan fingerprint density at radius 1 is 0.875 bits per heavy atom. The van der Waals surface area contributed by atoms with Gasteiger partial charge in [-0.25, -0.2) is 0 Å². The average Bonchev–Trinajstić information content (AvgIpc) is 2.57. The van der Waals surface area contributed by atoms with Crippen molar-refractivity contribution < 1.29 is 14.7 Å². The number of carboxylic acid groups (broad SMARTS) is 1. The number of rotatable bonds is 17. The maximum absolute atomic E-state index is 11.4. The van der Waals surface area contributed by atoms with E-state index in [-0.39, 0.29) is 5.78 Å². The number of aliphatic carboxylic acids is 1. The third-order valence-electron chi connectivity index (χ3n) is 4.35. The van der Waals surface area contributed by atoms with E-state index < -0.39 is 11.9 Å². The maximum atomic E-state index is 11.4. The summed E-state index contributed by atoms with van der Waals surface area (Å²) in [6, 6.07) is 0. The van der Waals surface area contributed by atoms with Crippen molar-refractivity contribution in [1.29, 1.82) is 0 Å². The van der Waals surface area contributed by atoms with Gasteiger partial charge in [-0.15, -0.1) is 0 Å². The first-order valence-electron chi connectivity index (χ1n) is 9.67. The van der Waals surface area contributed by atoms with Crippen LogP contribution in [-0.2, 0) is 9.59 Å². The van der Waals surface area contributed by atoms with Gasteiger partial charge < -0.3 is 5.11 Å². The van der Waals surface area contributed by atoms with Crippen molar-refractivity contribution in [2.45, 2.75) is 90.4 Å². The Balaban J connectivity index is 3.47. The summed E-state index contributed by atoms with van der Waals surface area (Å²) in [5.74, 6) is -2.31. The molecule has 0 aromatic rings. The van der Waals surface area contributed by atoms with Gasteiger partial charge in [0.15, 0.2) is 5.78 Å². The van der Waals surface area contributed by atoms with Crippen molar-refractivity contribution in [3.8, 4) is 0 Å². The Morgan fingerprint density at radius 2 is 1.38 bits per heavy atom. The topological polar surface area (TPSA) is 54.4 Å². The summed E-state index contributed by atoms with van der Waals surface area (Å²) in [7, 11) is 0. The van der Waals surface area contributed by atoms with Gasteiger partial charge in [0, 0.05) is 0 Å². The minimum atomic E-state index is -1.03. The Hall–Kier alpha value is -1.38. The number of carbonyl (C=O) groups excluding carboxylic acids is 1. The predicted octanol–water partition coefficient (Wildman–Crippen LogP) is 6.09. The summed E-state index contributed by atoms with van der Waals surface area (Å²) >= 11 is 0. The van der Waals surface area contributed by atoms with Crippen LogP contribution in [0.2, 0.25) is 0 Å². The Labute approximate surface area is 148 Å². The zero-order valence-electron chi connectivity index (χ0n) is 15.5. The number of unbranched alkanes of at least 4 members (excludes halogenated alkanes) is 10. The number of carbonyl (C=O) groups is 2. The molecule has 138 valence electrons. The van der Waals surface area contributed by atoms with Crippen LogP contribution in [-0.4, -0.2) is 16.9 Å². The fourth-order valence-electron chi connectivity index (χ4n) is 2.77. The molecule has 0 bridgehead atoms. The molecular formula is C21H36O3. The van der Waals surface area contributed by atoms with Crippen molar-refractivity contribution in [2.24, 2.45) is 5.92 Å². The van der Waals surface area contributed by atoms with Gasteiger partial charge in [-0.05, 0) is 38.2 Å². The Kier molecular flexibility index (Phi) is 15.5. The van der Waals surface area contributed by atoms with Crippen molar-refractivity contribution in [3.05, 3.63) is 24.8 Å². The molecule has 0 aliphatic carbocycles. The summed E-state index contributed by atoms with van der Waals surface area (Å²) in [6.07, 6.45) is 20.5. The molecule has 0 amide bonds. The summed E-state index contributed by atoms with van der Waals surface area (Å²) in [6.45, 7) is 5.61. The minimum Gasteiger partial charge on any atom is -0.481 e. The van der Waals surface area contributed by atoms with Gasteiger partial charge in [0.1, 0.15) is 5.92 Å². The van der Waals surface area contributed by atoms with Crippen LogP contribution in [0.15, 0.2) is 24.8 Å². The van der Waals surface area contributed by atoms with Crippen molar-refractivity contribution in [1.82, 2.24) is 0 Å². The first-order valence-corrected chi connectivity index (χ1v) is 9.67. The molecule has 0 saturated heterocycles. The molecular weight excluding hydrogens is 300 g/mol. The second-order valence-corrected chi connectivity index (χ2v) is 6.52. The number of hydrogen-bond donors (Lipinski definition) is 1. The van der Waals surface area contributed by atoms with Crippen molar-refractivity contribution >= 4 is 11.8 Å². The Bertz CT molecular complexity index is 371. The molecule has 0 saturated carbocycles. The molecule has 0 aliphatic rings. The third kappa shape index (κ3) is 13.1. The smallest absolute Gasteiger partial charge is 0.314 e. The summed E-state index contributed by atoms with van der Waals surface area (Å²) < 4.78 is 0. The highest BCUT2D eigenvalue weighted by Crippen LogP contribution is 2.14. The molecule has 0 spiro atoms. The van der Waals surface area contributed by atoms with Gasteiger partial charge in [-0.3, -0.25) is 9.59 Å². The highest BCUT2D eigenvalue weighted by molar-refractivity contribution is 6.03. The van der Waals surface area contributed by atoms with E-state index in [1.165, 1.54) is 44.9 Å². The van der Waals surface area contributed by atoms with E-state index in [0.717, 1.165) is 38.2 Å². The Morgan fingerprint density at radius 3 is 1.88 bits per heavy atom. The lowest BCUT2D eigenvalue weighted by Crippen LogP contribution is -2.21. The van der Waals surface area contributed by atoms with E-state index in [9.17, 15) is 9.59 Å². The molecule has 0 heterocycles. The number of hydrogen-bond acceptors (Lipinski definition) is 2. The normalized spacial score (nSPS) is 12.4. The van der Waals surface area contributed by atoms with Crippen LogP contribution in [0.4, 0.5) is 0 Å². The van der Waals surface area contributed by atoms with Crippen LogP contribution in [0, 0.1) is 5.92 Å². The van der Waals surface area contributed by atoms with Gasteiger partial charge in [0.2, 0.25) is 0 Å². The van der Waals surface area contributed by atoms with Crippen LogP contribution in [0.3, 0.4) is 0 Å². The highest BCUT2D eigenvalue weighted by atomic mass is 16.4. The van der Waals surface area contributed by atoms with E-state index >= 15 is 0 Å². The van der Waals surface area contributed by atoms with E-state index in [1.807, 2.05) is 0 Å². The number of ketones is 1. The van der Waals surface area contributed by atoms with Gasteiger partial charge in [-0.2, -0.15) is 0 Å². The third-order valence-corrected chi connectivity index (χ3v) is 4.35. The number of carboxylic acids is 1. The molecule has 3 heteroatoms. The lowest BCUT2D eigenvalue weighted by atomic mass is 9.96. The summed E-state index contributed by atoms with van der Waals surface area (Å²) in [5.41, 5.74) is 0. The first kappa shape index (κ1) is 22.6. The lowest BCUT2D eigenvalue weighted by Gasteiger charge is -2.08. The molecule has 0 radical (unpaired) electrons. The molecule has 0 aromatic carbocycles. The monoisotopic (exact) mass is 336 g/mol. The quantitative estimate of drug-likeness (QED) is 0.151. The number of allylic oxidation sites excluding steroid dienone is 3. The van der Waals surface area contributed by atoms with Gasteiger partial charge in [0.25, 0.3) is 0 Å². The summed E-state index contributed by atoms with van der Waals surface area (Å²) in [5, 5.41) is 9.00. The zero-order valence-corrected chi connectivity index (χ0v) is 15.5. The van der Waals surface area contributed by atoms with Crippen molar-refractivity contribution in [2.75, 3.05) is 0 Å². The largest absolute Gasteiger partial charge is 0.481 e. The van der Waals surface area contributed by atoms with Crippen LogP contribution in [0.25, 0.3) is 0 Å². The fourth-order valence-corrected chi connectivity index (χ4v) is 2.77. The molecule has 0 aromatic heterocycles. The van der Waals surface area contributed by atoms with E-state index in [4.69, 9.17) is 5.11 Å². The zero-order chi connectivity index (χ0) is 18.0. The van der Waals surface area contributed by atoms with Crippen molar-refractivity contribution in [3.63, 3.8) is 0 Å². The maximum Gasteiger partial charge on any atom is 0.314 e. The molecule has 0 rings (SSSR count). The molecule has 0 aliphatic heterocycles. The minimum absolute atomic E-state index is 0.375. The van der Waals surface area contributed by atoms with Gasteiger partial charge >= 0.3 is 5.97 Å². The second-order valence-electron chi connectivity index (χ2n) is 6.52. The van der Waals surface area contributed by atoms with E-state index in [0.29, 0.717) is 6.42 Å². The van der Waals surface area contributed by atoms with Crippen LogP contribution in [0.5, 0.6) is 0 Å². The van der Waals surface area contributed by atoms with Crippen LogP contribution in [0.1, 0.15) is 90.4 Å². The summed E-state index contributed by atoms with van der Waals surface area (Å²) in [4.78, 5) is 22.4. The fraction of sp³-hybridized carbons (Fsp3) is 0.714. The molecule has 1 N–H and O–H groups in total. The van der Waals surface area contributed by atoms with E-state index in [2.05, 4.69) is 25.7 Å². The predicted molar refractivity (Wildman–Crippen MR) is 101 cm³/mol. The molecule has 24 heavy (non-hydrogen) atoms. The standard InChI is InChI=1S/C21H36O3/c1-3-5-6-7-8-9-10-11-12-13-14-15-16-17-18-19(21(23)24)20(22)4-2/h4,11-12,19H,2-3,5-10,13-18H2,1H3,(H,23,24)/b12-11-. The van der Waals surface area contributed by atoms with Gasteiger partial charge in [0.05, 0.1) is 0 Å². The van der Waals surface area contributed by atoms with Crippen LogP contribution >= 0.6 is 0 Å². The van der Waals surface area contributed by atoms with Gasteiger partial charge in [-0.1, -0.05) is 77.0 Å². The lowest BCUT2D eigenvalue weighted by molar-refractivity contribution is -0.145. The first-order chi connectivity index (χ1) is 11.6. The molecule has 0 fully saturated rings. The molecule has 3 nitrogen and oxygen atoms in total. The molecule has 1 unspecified atom stereocenters.